The van der Waals surface area contributed by atoms with Crippen LogP contribution in [0.25, 0.3) is 0 Å². The summed E-state index contributed by atoms with van der Waals surface area (Å²) in [5.41, 5.74) is 1.20. The van der Waals surface area contributed by atoms with Gasteiger partial charge in [0.1, 0.15) is 12.2 Å². The van der Waals surface area contributed by atoms with Crippen LogP contribution in [0, 0.1) is 52.3 Å². The van der Waals surface area contributed by atoms with Crippen molar-refractivity contribution in [2.24, 2.45) is 52.3 Å². The molecule has 5 unspecified atom stereocenters. The second-order valence-electron chi connectivity index (χ2n) is 14.7. The highest BCUT2D eigenvalue weighted by atomic mass is 32.2. The van der Waals surface area contributed by atoms with E-state index in [1.165, 1.54) is 12.8 Å². The summed E-state index contributed by atoms with van der Waals surface area (Å²) in [6.45, 7) is 10.8. The van der Waals surface area contributed by atoms with Crippen LogP contribution in [0.15, 0.2) is 30.3 Å². The predicted molar refractivity (Wildman–Crippen MR) is 164 cm³/mol. The van der Waals surface area contributed by atoms with Crippen LogP contribution in [0.1, 0.15) is 97.5 Å². The average molecular weight is 601 g/mol. The van der Waals surface area contributed by atoms with Crippen molar-refractivity contribution in [3.8, 4) is 0 Å². The van der Waals surface area contributed by atoms with Crippen LogP contribution in [-0.2, 0) is 34.7 Å². The monoisotopic (exact) mass is 600 g/mol. The quantitative estimate of drug-likeness (QED) is 0.240. The number of hydrogen-bond acceptors (Lipinski definition) is 6. The first-order valence-electron chi connectivity index (χ1n) is 16.5. The van der Waals surface area contributed by atoms with Crippen molar-refractivity contribution in [1.29, 1.82) is 0 Å². The van der Waals surface area contributed by atoms with E-state index in [4.69, 9.17) is 9.47 Å². The van der Waals surface area contributed by atoms with Crippen LogP contribution in [0.4, 0.5) is 0 Å². The molecule has 0 amide bonds. The average Bonchev–Trinajstić information content (AvgIpc) is 3.31. The molecule has 0 N–H and O–H groups in total. The predicted octanol–water partition coefficient (Wildman–Crippen LogP) is 7.01. The molecule has 7 heteroatoms. The van der Waals surface area contributed by atoms with Gasteiger partial charge in [-0.15, -0.1) is 0 Å². The van der Waals surface area contributed by atoms with E-state index in [2.05, 4.69) is 27.7 Å². The van der Waals surface area contributed by atoms with Gasteiger partial charge in [-0.2, -0.15) is 0 Å². The molecule has 6 nitrogen and oxygen atoms in total. The fourth-order valence-electron chi connectivity index (χ4n) is 11.1. The molecule has 1 aromatic rings. The molecule has 42 heavy (non-hydrogen) atoms. The van der Waals surface area contributed by atoms with Crippen LogP contribution in [0.3, 0.4) is 0 Å². The van der Waals surface area contributed by atoms with Gasteiger partial charge in [-0.1, -0.05) is 58.0 Å². The lowest BCUT2D eigenvalue weighted by Crippen LogP contribution is -2.62. The minimum absolute atomic E-state index is 0.0369. The summed E-state index contributed by atoms with van der Waals surface area (Å²) < 4.78 is 37.3. The first-order valence-corrected chi connectivity index (χ1v) is 18.3. The molecule has 0 spiro atoms. The summed E-state index contributed by atoms with van der Waals surface area (Å²) in [4.78, 5) is 23.1. The molecule has 4 fully saturated rings. The smallest absolute Gasteiger partial charge is 0.293 e. The maximum atomic E-state index is 12.8. The summed E-state index contributed by atoms with van der Waals surface area (Å²) >= 11 is 0. The van der Waals surface area contributed by atoms with Crippen LogP contribution in [0.5, 0.6) is 0 Å². The molecule has 5 rings (SSSR count). The van der Waals surface area contributed by atoms with Gasteiger partial charge in [0.25, 0.3) is 12.9 Å². The van der Waals surface area contributed by atoms with Crippen LogP contribution in [-0.4, -0.2) is 39.3 Å². The Bertz CT molecular complexity index is 1190. The normalized spacial score (nSPS) is 40.2. The highest BCUT2D eigenvalue weighted by Crippen LogP contribution is 2.70. The zero-order valence-electron chi connectivity index (χ0n) is 26.1. The largest absolute Gasteiger partial charge is 0.465 e. The molecular formula is C35H52O6S. The molecule has 4 saturated carbocycles. The molecule has 0 bridgehead atoms. The topological polar surface area (TPSA) is 86.7 Å². The van der Waals surface area contributed by atoms with Gasteiger partial charge >= 0.3 is 0 Å². The van der Waals surface area contributed by atoms with Crippen molar-refractivity contribution in [3.63, 3.8) is 0 Å². The van der Waals surface area contributed by atoms with E-state index in [1.54, 1.807) is 0 Å². The first kappa shape index (κ1) is 31.5. The number of benzene rings is 1. The maximum Gasteiger partial charge on any atom is 0.293 e. The minimum Gasteiger partial charge on any atom is -0.465 e. The summed E-state index contributed by atoms with van der Waals surface area (Å²) in [7, 11) is -3.13. The van der Waals surface area contributed by atoms with Gasteiger partial charge < -0.3 is 9.47 Å². The zero-order valence-corrected chi connectivity index (χ0v) is 26.9. The Morgan fingerprint density at radius 2 is 1.62 bits per heavy atom. The molecule has 11 atom stereocenters. The number of carbonyl (C=O) groups excluding carboxylic acids is 2. The van der Waals surface area contributed by atoms with E-state index in [1.807, 2.05) is 30.3 Å². The van der Waals surface area contributed by atoms with Gasteiger partial charge in [-0.25, -0.2) is 8.42 Å². The molecule has 234 valence electrons. The van der Waals surface area contributed by atoms with Crippen molar-refractivity contribution >= 4 is 22.8 Å². The van der Waals surface area contributed by atoms with Crippen LogP contribution >= 0.6 is 0 Å². The summed E-state index contributed by atoms with van der Waals surface area (Å²) in [5, 5.41) is 0. The van der Waals surface area contributed by atoms with Gasteiger partial charge in [0.2, 0.25) is 0 Å². The van der Waals surface area contributed by atoms with E-state index in [0.29, 0.717) is 54.9 Å². The van der Waals surface area contributed by atoms with Gasteiger partial charge in [-0.05, 0) is 116 Å². The number of hydrogen-bond donors (Lipinski definition) is 0. The van der Waals surface area contributed by atoms with Crippen molar-refractivity contribution in [1.82, 2.24) is 0 Å². The SMILES string of the molecule is CC[C@H]1C(OC=O)[C@@H]2[C@H](CCC3(C)C([C@H](C)CCCS(=O)(=O)Cc4ccccc4)CC[C@@H]23)C2(C)CC[C@@H](OC=O)CC12. The van der Waals surface area contributed by atoms with E-state index in [-0.39, 0.29) is 40.5 Å². The molecule has 0 aromatic heterocycles. The molecule has 4 aliphatic carbocycles. The molecule has 4 aliphatic rings. The Hall–Kier alpha value is -1.89. The van der Waals surface area contributed by atoms with Gasteiger partial charge in [-0.3, -0.25) is 9.59 Å². The molecular weight excluding hydrogens is 548 g/mol. The summed E-state index contributed by atoms with van der Waals surface area (Å²) in [6.07, 6.45) is 9.96. The number of carbonyl (C=O) groups is 2. The van der Waals surface area contributed by atoms with Gasteiger partial charge in [0.15, 0.2) is 9.84 Å². The lowest BCUT2D eigenvalue weighted by molar-refractivity contribution is -0.213. The lowest BCUT2D eigenvalue weighted by atomic mass is 9.41. The lowest BCUT2D eigenvalue weighted by Gasteiger charge is -2.65. The Kier molecular flexibility index (Phi) is 9.47. The Morgan fingerprint density at radius 1 is 0.929 bits per heavy atom. The second kappa shape index (κ2) is 12.6. The third-order valence-electron chi connectivity index (χ3n) is 12.9. The molecule has 0 radical (unpaired) electrons. The van der Waals surface area contributed by atoms with Crippen molar-refractivity contribution in [3.05, 3.63) is 35.9 Å². The maximum absolute atomic E-state index is 12.8. The van der Waals surface area contributed by atoms with E-state index >= 15 is 0 Å². The molecule has 0 saturated heterocycles. The van der Waals surface area contributed by atoms with E-state index in [9.17, 15) is 18.0 Å². The van der Waals surface area contributed by atoms with Crippen LogP contribution < -0.4 is 0 Å². The second-order valence-corrected chi connectivity index (χ2v) is 16.9. The summed E-state index contributed by atoms with van der Waals surface area (Å²) in [6, 6.07) is 9.48. The minimum atomic E-state index is -3.13. The standard InChI is InChI=1S/C35H52O6S/c1-5-27-31-20-26(40-22-36)15-17-35(31,4)30-16-18-34(3)28(13-14-29(34)32(30)33(27)41-23-37)24(2)10-9-19-42(38,39)21-25-11-7-6-8-12-25/h6-8,11-12,22-24,26-33H,5,9-10,13-21H2,1-4H3/t24-,26-,27-,28?,29+,30+,31?,32+,33?,34?,35?/m1/s1. The van der Waals surface area contributed by atoms with Crippen molar-refractivity contribution in [2.75, 3.05) is 5.75 Å². The first-order chi connectivity index (χ1) is 20.1. The van der Waals surface area contributed by atoms with Crippen LogP contribution in [0.2, 0.25) is 0 Å². The van der Waals surface area contributed by atoms with E-state index in [0.717, 1.165) is 50.5 Å². The molecule has 0 aliphatic heterocycles. The molecule has 0 heterocycles. The third kappa shape index (κ3) is 5.80. The highest BCUT2D eigenvalue weighted by Gasteiger charge is 2.66. The number of rotatable bonds is 12. The summed E-state index contributed by atoms with van der Waals surface area (Å²) in [5.74, 6) is 3.39. The Morgan fingerprint density at radius 3 is 2.31 bits per heavy atom. The molecule has 1 aromatic carbocycles. The van der Waals surface area contributed by atoms with Gasteiger partial charge in [0, 0.05) is 5.92 Å². The Balaban J connectivity index is 1.30. The number of ether oxygens (including phenoxy) is 2. The van der Waals surface area contributed by atoms with Crippen molar-refractivity contribution in [2.45, 2.75) is 110 Å². The highest BCUT2D eigenvalue weighted by molar-refractivity contribution is 7.90. The van der Waals surface area contributed by atoms with Gasteiger partial charge in [0.05, 0.1) is 11.5 Å². The van der Waals surface area contributed by atoms with E-state index < -0.39 is 9.84 Å². The van der Waals surface area contributed by atoms with Crippen molar-refractivity contribution < 1.29 is 27.5 Å². The number of sulfone groups is 1. The fraction of sp³-hybridized carbons (Fsp3) is 0.771. The Labute approximate surface area is 253 Å². The number of fused-ring (bicyclic) bond motifs is 5. The fourth-order valence-corrected chi connectivity index (χ4v) is 12.5. The zero-order chi connectivity index (χ0) is 30.1. The third-order valence-corrected chi connectivity index (χ3v) is 14.6.